The molecular formula is C14H16F3NO3. The highest BCUT2D eigenvalue weighted by molar-refractivity contribution is 5.95. The summed E-state index contributed by atoms with van der Waals surface area (Å²) in [6.45, 7) is 3.84. The summed E-state index contributed by atoms with van der Waals surface area (Å²) < 4.78 is 49.3. The van der Waals surface area contributed by atoms with Gasteiger partial charge in [-0.3, -0.25) is 4.79 Å². The minimum atomic E-state index is -4.57. The largest absolute Gasteiger partial charge is 0.417 e. The normalized spacial score (nSPS) is 21.3. The van der Waals surface area contributed by atoms with Crippen molar-refractivity contribution in [2.75, 3.05) is 13.2 Å². The highest BCUT2D eigenvalue weighted by Crippen LogP contribution is 2.31. The number of hydrogen-bond acceptors (Lipinski definition) is 3. The Morgan fingerprint density at radius 3 is 2.62 bits per heavy atom. The Bertz CT molecular complexity index is 528. The van der Waals surface area contributed by atoms with Crippen molar-refractivity contribution in [2.24, 2.45) is 0 Å². The summed E-state index contributed by atoms with van der Waals surface area (Å²) in [5.74, 6) is -1.52. The summed E-state index contributed by atoms with van der Waals surface area (Å²) in [4.78, 5) is 11.9. The number of carbonyl (C=O) groups is 1. The van der Waals surface area contributed by atoms with Gasteiger partial charge in [-0.25, -0.2) is 0 Å². The average molecular weight is 303 g/mol. The molecule has 21 heavy (non-hydrogen) atoms. The molecule has 2 rings (SSSR count). The fourth-order valence-corrected chi connectivity index (χ4v) is 2.09. The predicted octanol–water partition coefficient (Wildman–Crippen LogP) is 2.59. The van der Waals surface area contributed by atoms with Crippen LogP contribution in [0.5, 0.6) is 0 Å². The van der Waals surface area contributed by atoms with Gasteiger partial charge < -0.3 is 14.8 Å². The lowest BCUT2D eigenvalue weighted by atomic mass is 10.1. The van der Waals surface area contributed by atoms with E-state index in [0.29, 0.717) is 0 Å². The highest BCUT2D eigenvalue weighted by atomic mass is 19.4. The molecule has 1 saturated heterocycles. The smallest absolute Gasteiger partial charge is 0.349 e. The highest BCUT2D eigenvalue weighted by Gasteiger charge is 2.36. The maximum Gasteiger partial charge on any atom is 0.417 e. The first-order valence-electron chi connectivity index (χ1n) is 6.45. The van der Waals surface area contributed by atoms with Crippen LogP contribution in [0.2, 0.25) is 0 Å². The van der Waals surface area contributed by atoms with Gasteiger partial charge in [0.1, 0.15) is 6.10 Å². The Morgan fingerprint density at radius 2 is 2.05 bits per heavy atom. The van der Waals surface area contributed by atoms with E-state index in [1.807, 2.05) is 0 Å². The Kier molecular flexibility index (Phi) is 4.25. The summed E-state index contributed by atoms with van der Waals surface area (Å²) in [6, 6.07) is 4.67. The third-order valence-electron chi connectivity index (χ3n) is 3.03. The summed E-state index contributed by atoms with van der Waals surface area (Å²) >= 11 is 0. The summed E-state index contributed by atoms with van der Waals surface area (Å²) in [5, 5.41) is 2.45. The van der Waals surface area contributed by atoms with E-state index in [2.05, 4.69) is 5.32 Å². The molecule has 1 aliphatic rings. The van der Waals surface area contributed by atoms with Gasteiger partial charge in [0.05, 0.1) is 17.7 Å². The van der Waals surface area contributed by atoms with E-state index in [-0.39, 0.29) is 19.3 Å². The van der Waals surface area contributed by atoms with Crippen molar-refractivity contribution >= 4 is 5.91 Å². The molecule has 116 valence electrons. The monoisotopic (exact) mass is 303 g/mol. The van der Waals surface area contributed by atoms with Crippen molar-refractivity contribution in [1.82, 2.24) is 5.32 Å². The second kappa shape index (κ2) is 5.65. The summed E-state index contributed by atoms with van der Waals surface area (Å²) in [7, 11) is 0. The van der Waals surface area contributed by atoms with Crippen LogP contribution in [-0.4, -0.2) is 30.9 Å². The third kappa shape index (κ3) is 3.95. The van der Waals surface area contributed by atoms with Crippen molar-refractivity contribution in [3.63, 3.8) is 0 Å². The van der Waals surface area contributed by atoms with Gasteiger partial charge in [-0.1, -0.05) is 12.1 Å². The van der Waals surface area contributed by atoms with Crippen LogP contribution in [0.3, 0.4) is 0 Å². The molecule has 1 N–H and O–H groups in total. The number of hydrogen-bond donors (Lipinski definition) is 1. The molecule has 1 aromatic carbocycles. The number of amides is 1. The van der Waals surface area contributed by atoms with Crippen molar-refractivity contribution in [1.29, 1.82) is 0 Å². The third-order valence-corrected chi connectivity index (χ3v) is 3.03. The van der Waals surface area contributed by atoms with E-state index in [1.165, 1.54) is 12.1 Å². The quantitative estimate of drug-likeness (QED) is 0.933. The van der Waals surface area contributed by atoms with Gasteiger partial charge in [-0.15, -0.1) is 0 Å². The summed E-state index contributed by atoms with van der Waals surface area (Å²) in [5.41, 5.74) is -1.35. The number of nitrogens with one attached hydrogen (secondary N) is 1. The zero-order chi connectivity index (χ0) is 15.7. The minimum absolute atomic E-state index is 0.0917. The van der Waals surface area contributed by atoms with Crippen molar-refractivity contribution in [3.05, 3.63) is 35.4 Å². The first kappa shape index (κ1) is 15.8. The van der Waals surface area contributed by atoms with E-state index < -0.39 is 29.0 Å². The number of benzene rings is 1. The first-order valence-corrected chi connectivity index (χ1v) is 6.45. The van der Waals surface area contributed by atoms with E-state index in [0.717, 1.165) is 12.1 Å². The fourth-order valence-electron chi connectivity index (χ4n) is 2.09. The Labute approximate surface area is 120 Å². The molecule has 4 nitrogen and oxygen atoms in total. The lowest BCUT2D eigenvalue weighted by Gasteiger charge is -2.17. The molecular weight excluding hydrogens is 287 g/mol. The van der Waals surface area contributed by atoms with Crippen LogP contribution in [0.15, 0.2) is 24.3 Å². The first-order chi connectivity index (χ1) is 9.69. The van der Waals surface area contributed by atoms with Gasteiger partial charge in [-0.05, 0) is 26.0 Å². The molecule has 7 heteroatoms. The van der Waals surface area contributed by atoms with Crippen LogP contribution in [0.4, 0.5) is 13.2 Å². The van der Waals surface area contributed by atoms with Gasteiger partial charge in [0.25, 0.3) is 5.91 Å². The number of halogens is 3. The molecule has 0 radical (unpaired) electrons. The van der Waals surface area contributed by atoms with Gasteiger partial charge in [0, 0.05) is 6.54 Å². The van der Waals surface area contributed by atoms with Gasteiger partial charge in [0.15, 0.2) is 5.79 Å². The van der Waals surface area contributed by atoms with Crippen LogP contribution in [0.1, 0.15) is 29.8 Å². The van der Waals surface area contributed by atoms with Gasteiger partial charge >= 0.3 is 6.18 Å². The zero-order valence-corrected chi connectivity index (χ0v) is 11.7. The molecule has 1 amide bonds. The van der Waals surface area contributed by atoms with Crippen LogP contribution in [0.25, 0.3) is 0 Å². The number of alkyl halides is 3. The second-order valence-electron chi connectivity index (χ2n) is 5.20. The number of ether oxygens (including phenoxy) is 2. The molecule has 0 bridgehead atoms. The fraction of sp³-hybridized carbons (Fsp3) is 0.500. The Balaban J connectivity index is 2.02. The van der Waals surface area contributed by atoms with Crippen LogP contribution < -0.4 is 5.32 Å². The van der Waals surface area contributed by atoms with E-state index >= 15 is 0 Å². The lowest BCUT2D eigenvalue weighted by molar-refractivity contribution is -0.138. The molecule has 0 saturated carbocycles. The van der Waals surface area contributed by atoms with Crippen LogP contribution >= 0.6 is 0 Å². The molecule has 1 atom stereocenters. The molecule has 1 heterocycles. The maximum atomic E-state index is 12.8. The van der Waals surface area contributed by atoms with E-state index in [1.54, 1.807) is 13.8 Å². The van der Waals surface area contributed by atoms with E-state index in [9.17, 15) is 18.0 Å². The van der Waals surface area contributed by atoms with Crippen molar-refractivity contribution < 1.29 is 27.4 Å². The number of rotatable bonds is 3. The molecule has 1 aromatic rings. The SMILES string of the molecule is CC1(C)OCC(CNC(=O)c2ccccc2C(F)(F)F)O1. The molecule has 1 unspecified atom stereocenters. The molecule has 1 aliphatic heterocycles. The average Bonchev–Trinajstić information content (AvgIpc) is 2.74. The molecule has 1 fully saturated rings. The molecule has 0 spiro atoms. The van der Waals surface area contributed by atoms with Crippen molar-refractivity contribution in [2.45, 2.75) is 31.9 Å². The molecule has 0 aliphatic carbocycles. The number of carbonyl (C=O) groups excluding carboxylic acids is 1. The predicted molar refractivity (Wildman–Crippen MR) is 68.7 cm³/mol. The summed E-state index contributed by atoms with van der Waals surface area (Å²) in [6.07, 6.45) is -4.94. The second-order valence-corrected chi connectivity index (χ2v) is 5.20. The van der Waals surface area contributed by atoms with E-state index in [4.69, 9.17) is 9.47 Å². The van der Waals surface area contributed by atoms with Crippen LogP contribution in [0, 0.1) is 0 Å². The van der Waals surface area contributed by atoms with Crippen LogP contribution in [-0.2, 0) is 15.7 Å². The molecule has 0 aromatic heterocycles. The Morgan fingerprint density at radius 1 is 1.38 bits per heavy atom. The van der Waals surface area contributed by atoms with Crippen molar-refractivity contribution in [3.8, 4) is 0 Å². The standard InChI is InChI=1S/C14H16F3NO3/c1-13(2)20-8-9(21-13)7-18-12(19)10-5-3-4-6-11(10)14(15,16)17/h3-6,9H,7-8H2,1-2H3,(H,18,19). The Hall–Kier alpha value is -1.60. The zero-order valence-electron chi connectivity index (χ0n) is 11.7. The minimum Gasteiger partial charge on any atom is -0.349 e. The lowest BCUT2D eigenvalue weighted by Crippen LogP contribution is -2.35. The van der Waals surface area contributed by atoms with Gasteiger partial charge in [-0.2, -0.15) is 13.2 Å². The topological polar surface area (TPSA) is 47.6 Å². The maximum absolute atomic E-state index is 12.8. The van der Waals surface area contributed by atoms with Gasteiger partial charge in [0.2, 0.25) is 0 Å².